The minimum atomic E-state index is -0.148. The van der Waals surface area contributed by atoms with Gasteiger partial charge in [0, 0.05) is 24.6 Å². The molecule has 0 radical (unpaired) electrons. The molecule has 0 spiro atoms. The van der Waals surface area contributed by atoms with Crippen LogP contribution in [0.1, 0.15) is 19.8 Å². The van der Waals surface area contributed by atoms with Crippen LogP contribution in [0.15, 0.2) is 0 Å². The number of aliphatic hydroxyl groups excluding tert-OH is 2. The van der Waals surface area contributed by atoms with Gasteiger partial charge in [0.2, 0.25) is 0 Å². The maximum Gasteiger partial charge on any atom is 0.0570 e. The van der Waals surface area contributed by atoms with E-state index in [1.54, 1.807) is 0 Å². The molecule has 13 heavy (non-hydrogen) atoms. The van der Waals surface area contributed by atoms with Crippen LogP contribution in [0.4, 0.5) is 0 Å². The highest BCUT2D eigenvalue weighted by Gasteiger charge is 2.48. The molecule has 2 bridgehead atoms. The summed E-state index contributed by atoms with van der Waals surface area (Å²) < 4.78 is 0. The summed E-state index contributed by atoms with van der Waals surface area (Å²) in [7, 11) is 2.12. The Bertz CT molecular complexity index is 195. The highest BCUT2D eigenvalue weighted by atomic mass is 16.3. The first-order chi connectivity index (χ1) is 6.15. The molecular weight excluding hydrogens is 166 g/mol. The van der Waals surface area contributed by atoms with E-state index in [2.05, 4.69) is 18.9 Å². The normalized spacial score (nSPS) is 51.2. The Labute approximate surface area is 79.4 Å². The topological polar surface area (TPSA) is 43.7 Å². The standard InChI is InChI=1S/C10H19NO2/c1-6-8(5-12)10-4-7(13)3-9(6)11(10)2/h6-10,12-13H,3-5H2,1-2H3. The monoisotopic (exact) mass is 185 g/mol. The molecule has 2 aliphatic rings. The summed E-state index contributed by atoms with van der Waals surface area (Å²) in [6.07, 6.45) is 1.57. The van der Waals surface area contributed by atoms with Crippen LogP contribution >= 0.6 is 0 Å². The summed E-state index contributed by atoms with van der Waals surface area (Å²) in [5.41, 5.74) is 0. The van der Waals surface area contributed by atoms with Crippen molar-refractivity contribution in [2.24, 2.45) is 11.8 Å². The molecule has 2 fully saturated rings. The zero-order chi connectivity index (χ0) is 9.59. The smallest absolute Gasteiger partial charge is 0.0570 e. The Kier molecular flexibility index (Phi) is 2.34. The molecule has 2 aliphatic heterocycles. The van der Waals surface area contributed by atoms with Gasteiger partial charge in [0.1, 0.15) is 0 Å². The first-order valence-corrected chi connectivity index (χ1v) is 5.16. The lowest BCUT2D eigenvalue weighted by Crippen LogP contribution is -2.43. The zero-order valence-corrected chi connectivity index (χ0v) is 8.35. The third-order valence-electron chi connectivity index (χ3n) is 4.06. The molecule has 76 valence electrons. The Balaban J connectivity index is 2.19. The number of aliphatic hydroxyl groups is 2. The van der Waals surface area contributed by atoms with Gasteiger partial charge in [0.25, 0.3) is 0 Å². The quantitative estimate of drug-likeness (QED) is 0.607. The lowest BCUT2D eigenvalue weighted by Gasteiger charge is -2.35. The van der Waals surface area contributed by atoms with Gasteiger partial charge in [-0.05, 0) is 25.8 Å². The first-order valence-electron chi connectivity index (χ1n) is 5.16. The number of nitrogens with zero attached hydrogens (tertiary/aromatic N) is 1. The van der Waals surface area contributed by atoms with E-state index in [-0.39, 0.29) is 12.7 Å². The molecule has 5 unspecified atom stereocenters. The Morgan fingerprint density at radius 1 is 1.31 bits per heavy atom. The Morgan fingerprint density at radius 3 is 2.54 bits per heavy atom. The van der Waals surface area contributed by atoms with E-state index in [0.29, 0.717) is 23.9 Å². The number of fused-ring (bicyclic) bond motifs is 2. The van der Waals surface area contributed by atoms with Gasteiger partial charge in [-0.15, -0.1) is 0 Å². The maximum atomic E-state index is 9.63. The minimum Gasteiger partial charge on any atom is -0.396 e. The summed E-state index contributed by atoms with van der Waals surface area (Å²) in [5, 5.41) is 18.9. The minimum absolute atomic E-state index is 0.148. The molecular formula is C10H19NO2. The van der Waals surface area contributed by atoms with Crippen molar-refractivity contribution in [1.82, 2.24) is 4.90 Å². The van der Waals surface area contributed by atoms with Crippen molar-refractivity contribution in [3.63, 3.8) is 0 Å². The van der Waals surface area contributed by atoms with Crippen LogP contribution in [0.3, 0.4) is 0 Å². The largest absolute Gasteiger partial charge is 0.396 e. The van der Waals surface area contributed by atoms with Crippen LogP contribution in [-0.4, -0.2) is 47.0 Å². The fourth-order valence-electron chi connectivity index (χ4n) is 3.22. The third-order valence-corrected chi connectivity index (χ3v) is 4.06. The molecule has 2 saturated heterocycles. The molecule has 3 nitrogen and oxygen atoms in total. The van der Waals surface area contributed by atoms with Gasteiger partial charge in [0.05, 0.1) is 6.10 Å². The number of piperidine rings is 1. The van der Waals surface area contributed by atoms with Gasteiger partial charge in [-0.2, -0.15) is 0 Å². The van der Waals surface area contributed by atoms with Gasteiger partial charge < -0.3 is 10.2 Å². The average molecular weight is 185 g/mol. The van der Waals surface area contributed by atoms with Gasteiger partial charge >= 0.3 is 0 Å². The van der Waals surface area contributed by atoms with Crippen LogP contribution in [0.25, 0.3) is 0 Å². The molecule has 0 aromatic carbocycles. The van der Waals surface area contributed by atoms with Crippen LogP contribution < -0.4 is 0 Å². The third kappa shape index (κ3) is 1.30. The highest BCUT2D eigenvalue weighted by molar-refractivity contribution is 5.02. The summed E-state index contributed by atoms with van der Waals surface area (Å²) in [4.78, 5) is 2.35. The molecule has 0 aromatic rings. The van der Waals surface area contributed by atoms with Gasteiger partial charge in [0.15, 0.2) is 0 Å². The number of hydrogen-bond donors (Lipinski definition) is 2. The fraction of sp³-hybridized carbons (Fsp3) is 1.00. The van der Waals surface area contributed by atoms with Crippen molar-refractivity contribution in [2.75, 3.05) is 13.7 Å². The van der Waals surface area contributed by atoms with Crippen LogP contribution in [0.2, 0.25) is 0 Å². The van der Waals surface area contributed by atoms with Gasteiger partial charge in [-0.1, -0.05) is 6.92 Å². The molecule has 2 heterocycles. The molecule has 2 N–H and O–H groups in total. The predicted molar refractivity (Wildman–Crippen MR) is 50.3 cm³/mol. The second-order valence-electron chi connectivity index (χ2n) is 4.63. The van der Waals surface area contributed by atoms with Crippen LogP contribution in [0.5, 0.6) is 0 Å². The summed E-state index contributed by atoms with van der Waals surface area (Å²) in [6.45, 7) is 2.46. The van der Waals surface area contributed by atoms with Gasteiger partial charge in [-0.25, -0.2) is 0 Å². The SMILES string of the molecule is CC1C(CO)C2CC(O)CC1N2C. The van der Waals surface area contributed by atoms with Crippen molar-refractivity contribution in [2.45, 2.75) is 38.0 Å². The summed E-state index contributed by atoms with van der Waals surface area (Å²) in [5.74, 6) is 0.893. The fourth-order valence-corrected chi connectivity index (χ4v) is 3.22. The van der Waals surface area contributed by atoms with Crippen molar-refractivity contribution >= 4 is 0 Å². The number of hydrogen-bond acceptors (Lipinski definition) is 3. The predicted octanol–water partition coefficient (Wildman–Crippen LogP) is 0.0683. The average Bonchev–Trinajstić information content (AvgIpc) is 2.26. The molecule has 0 saturated carbocycles. The molecule has 0 amide bonds. The molecule has 0 aliphatic carbocycles. The lowest BCUT2D eigenvalue weighted by atomic mass is 9.90. The number of rotatable bonds is 1. The van der Waals surface area contributed by atoms with E-state index in [4.69, 9.17) is 0 Å². The molecule has 0 aromatic heterocycles. The van der Waals surface area contributed by atoms with Crippen molar-refractivity contribution in [3.05, 3.63) is 0 Å². The van der Waals surface area contributed by atoms with E-state index in [1.807, 2.05) is 0 Å². The van der Waals surface area contributed by atoms with Crippen molar-refractivity contribution in [3.8, 4) is 0 Å². The van der Waals surface area contributed by atoms with E-state index in [0.717, 1.165) is 12.8 Å². The van der Waals surface area contributed by atoms with E-state index in [9.17, 15) is 10.2 Å². The second-order valence-corrected chi connectivity index (χ2v) is 4.63. The van der Waals surface area contributed by atoms with Crippen LogP contribution in [-0.2, 0) is 0 Å². The Morgan fingerprint density at radius 2 is 1.92 bits per heavy atom. The van der Waals surface area contributed by atoms with E-state index >= 15 is 0 Å². The maximum absolute atomic E-state index is 9.63. The zero-order valence-electron chi connectivity index (χ0n) is 8.35. The second kappa shape index (κ2) is 3.23. The van der Waals surface area contributed by atoms with E-state index < -0.39 is 0 Å². The van der Waals surface area contributed by atoms with Gasteiger partial charge in [-0.3, -0.25) is 4.90 Å². The van der Waals surface area contributed by atoms with Crippen LogP contribution in [0, 0.1) is 11.8 Å². The van der Waals surface area contributed by atoms with E-state index in [1.165, 1.54) is 0 Å². The van der Waals surface area contributed by atoms with Crippen molar-refractivity contribution in [1.29, 1.82) is 0 Å². The summed E-state index contributed by atoms with van der Waals surface area (Å²) >= 11 is 0. The molecule has 2 rings (SSSR count). The Hall–Kier alpha value is -0.120. The molecule has 3 heteroatoms. The van der Waals surface area contributed by atoms with Crippen molar-refractivity contribution < 1.29 is 10.2 Å². The lowest BCUT2D eigenvalue weighted by molar-refractivity contribution is 0.0381. The molecule has 5 atom stereocenters. The highest BCUT2D eigenvalue weighted by Crippen LogP contribution is 2.42. The first kappa shape index (κ1) is 9.44. The summed E-state index contributed by atoms with van der Waals surface area (Å²) in [6, 6.07) is 0.875.